The zero-order chi connectivity index (χ0) is 27.8. The molecule has 0 radical (unpaired) electrons. The molecule has 0 unspecified atom stereocenters. The van der Waals surface area contributed by atoms with Crippen molar-refractivity contribution in [3.05, 3.63) is 101 Å². The fourth-order valence-corrected chi connectivity index (χ4v) is 5.31. The van der Waals surface area contributed by atoms with E-state index in [9.17, 15) is 12.8 Å². The summed E-state index contributed by atoms with van der Waals surface area (Å²) in [5.74, 6) is -3.69. The van der Waals surface area contributed by atoms with Crippen LogP contribution in [0.5, 0.6) is 5.75 Å². The van der Waals surface area contributed by atoms with E-state index in [1.807, 2.05) is 6.07 Å². The van der Waals surface area contributed by atoms with E-state index < -0.39 is 33.0 Å². The van der Waals surface area contributed by atoms with Crippen LogP contribution in [-0.2, 0) is 22.4 Å². The number of hydrogen-bond acceptors (Lipinski definition) is 8. The zero-order valence-corrected chi connectivity index (χ0v) is 21.9. The Bertz CT molecular complexity index is 1760. The Balaban J connectivity index is 1.53. The fraction of sp³-hybridized carbons (Fsp3) is 0.115. The van der Waals surface area contributed by atoms with Crippen LogP contribution in [0.15, 0.2) is 77.7 Å². The van der Waals surface area contributed by atoms with Crippen LogP contribution >= 0.6 is 11.3 Å². The van der Waals surface area contributed by atoms with Gasteiger partial charge in [-0.2, -0.15) is 8.78 Å². The number of halogens is 3. The van der Waals surface area contributed by atoms with Crippen LogP contribution in [0, 0.1) is 5.82 Å². The van der Waals surface area contributed by atoms with Crippen molar-refractivity contribution in [1.29, 1.82) is 0 Å². The lowest BCUT2D eigenvalue weighted by Crippen LogP contribution is -2.19. The Morgan fingerprint density at radius 3 is 2.36 bits per heavy atom. The maximum Gasteiger partial charge on any atom is 0.315 e. The average molecular weight is 572 g/mol. The number of primary sulfonamides is 1. The lowest BCUT2D eigenvalue weighted by atomic mass is 10.0. The van der Waals surface area contributed by atoms with E-state index in [2.05, 4.69) is 20.3 Å². The Morgan fingerprint density at radius 1 is 0.974 bits per heavy atom. The summed E-state index contributed by atoms with van der Waals surface area (Å²) in [6.45, 7) is 0. The molecule has 2 heterocycles. The number of rotatable bonds is 8. The summed E-state index contributed by atoms with van der Waals surface area (Å²) in [6.07, 6.45) is 0.135. The SMILES string of the molecule is COc1ccc2nc(Cc3cc(C(F)(F)c4ccc(F)cc4)nc(Nc4ccc(S(N)(=O)=O)cc4)n3)sc2c1. The van der Waals surface area contributed by atoms with Crippen molar-refractivity contribution < 1.29 is 26.3 Å². The highest BCUT2D eigenvalue weighted by molar-refractivity contribution is 7.89. The molecule has 8 nitrogen and oxygen atoms in total. The number of sulfonamides is 1. The van der Waals surface area contributed by atoms with Crippen molar-refractivity contribution in [2.75, 3.05) is 12.4 Å². The van der Waals surface area contributed by atoms with Gasteiger partial charge in [-0.05, 0) is 72.8 Å². The van der Waals surface area contributed by atoms with Crippen molar-refractivity contribution in [2.45, 2.75) is 17.2 Å². The molecular weight excluding hydrogens is 551 g/mol. The third kappa shape index (κ3) is 5.85. The molecular formula is C26H20F3N5O3S2. The smallest absolute Gasteiger partial charge is 0.315 e. The van der Waals surface area contributed by atoms with Crippen LogP contribution in [-0.4, -0.2) is 30.5 Å². The molecule has 0 amide bonds. The first-order chi connectivity index (χ1) is 18.5. The summed E-state index contributed by atoms with van der Waals surface area (Å²) in [7, 11) is -2.35. The van der Waals surface area contributed by atoms with Gasteiger partial charge in [0.2, 0.25) is 16.0 Å². The number of thiazole rings is 1. The van der Waals surface area contributed by atoms with E-state index in [1.54, 1.807) is 19.2 Å². The maximum absolute atomic E-state index is 15.5. The highest BCUT2D eigenvalue weighted by Crippen LogP contribution is 2.36. The van der Waals surface area contributed by atoms with Gasteiger partial charge in [0.05, 0.1) is 32.9 Å². The van der Waals surface area contributed by atoms with Gasteiger partial charge in [0.15, 0.2) is 0 Å². The topological polar surface area (TPSA) is 120 Å². The van der Waals surface area contributed by atoms with Gasteiger partial charge in [-0.25, -0.2) is 32.9 Å². The van der Waals surface area contributed by atoms with E-state index in [-0.39, 0.29) is 23.0 Å². The van der Waals surface area contributed by atoms with Crippen LogP contribution < -0.4 is 15.2 Å². The molecule has 0 bridgehead atoms. The number of nitrogens with zero attached hydrogens (tertiary/aromatic N) is 3. The molecule has 3 aromatic carbocycles. The number of aromatic nitrogens is 3. The minimum Gasteiger partial charge on any atom is -0.497 e. The molecule has 0 saturated carbocycles. The van der Waals surface area contributed by atoms with E-state index >= 15 is 8.78 Å². The average Bonchev–Trinajstić information content (AvgIpc) is 3.30. The molecule has 0 saturated heterocycles. The van der Waals surface area contributed by atoms with Crippen molar-refractivity contribution >= 4 is 43.2 Å². The molecule has 39 heavy (non-hydrogen) atoms. The summed E-state index contributed by atoms with van der Waals surface area (Å²) >= 11 is 1.38. The second-order valence-corrected chi connectivity index (χ2v) is 11.1. The van der Waals surface area contributed by atoms with Crippen molar-refractivity contribution in [2.24, 2.45) is 5.14 Å². The Labute approximate surface area is 225 Å². The number of nitrogens with one attached hydrogen (secondary N) is 1. The van der Waals surface area contributed by atoms with Crippen LogP contribution in [0.2, 0.25) is 0 Å². The molecule has 200 valence electrons. The van der Waals surface area contributed by atoms with Crippen molar-refractivity contribution in [1.82, 2.24) is 15.0 Å². The number of ether oxygens (including phenoxy) is 1. The summed E-state index contributed by atoms with van der Waals surface area (Å²) < 4.78 is 73.7. The molecule has 5 aromatic rings. The molecule has 0 fully saturated rings. The molecule has 5 rings (SSSR count). The van der Waals surface area contributed by atoms with Gasteiger partial charge in [-0.1, -0.05) is 0 Å². The third-order valence-corrected chi connectivity index (χ3v) is 7.67. The summed E-state index contributed by atoms with van der Waals surface area (Å²) in [6, 6.07) is 15.9. The number of methoxy groups -OCH3 is 1. The molecule has 0 atom stereocenters. The highest BCUT2D eigenvalue weighted by Gasteiger charge is 2.37. The van der Waals surface area contributed by atoms with Gasteiger partial charge in [0.25, 0.3) is 0 Å². The second kappa shape index (κ2) is 10.2. The molecule has 2 aromatic heterocycles. The predicted octanol–water partition coefficient (Wildman–Crippen LogP) is 5.36. The van der Waals surface area contributed by atoms with Crippen LogP contribution in [0.3, 0.4) is 0 Å². The van der Waals surface area contributed by atoms with E-state index in [1.165, 1.54) is 41.7 Å². The van der Waals surface area contributed by atoms with Crippen molar-refractivity contribution in [3.8, 4) is 5.75 Å². The molecule has 0 spiro atoms. The number of alkyl halides is 2. The van der Waals surface area contributed by atoms with Gasteiger partial charge in [-0.15, -0.1) is 11.3 Å². The summed E-state index contributed by atoms with van der Waals surface area (Å²) in [4.78, 5) is 12.9. The lowest BCUT2D eigenvalue weighted by Gasteiger charge is -2.18. The van der Waals surface area contributed by atoms with Crippen LogP contribution in [0.1, 0.15) is 22.0 Å². The first kappa shape index (κ1) is 26.5. The van der Waals surface area contributed by atoms with Gasteiger partial charge in [0.1, 0.15) is 17.3 Å². The highest BCUT2D eigenvalue weighted by atomic mass is 32.2. The minimum atomic E-state index is -3.91. The van der Waals surface area contributed by atoms with Crippen molar-refractivity contribution in [3.63, 3.8) is 0 Å². The molecule has 13 heteroatoms. The molecule has 0 aliphatic rings. The lowest BCUT2D eigenvalue weighted by molar-refractivity contribution is 0.0378. The second-order valence-electron chi connectivity index (χ2n) is 8.46. The number of anilines is 2. The molecule has 0 aliphatic carbocycles. The number of nitrogens with two attached hydrogens (primary N) is 1. The monoisotopic (exact) mass is 571 g/mol. The maximum atomic E-state index is 15.5. The largest absolute Gasteiger partial charge is 0.497 e. The first-order valence-corrected chi connectivity index (χ1v) is 13.7. The minimum absolute atomic E-state index is 0.112. The summed E-state index contributed by atoms with van der Waals surface area (Å²) in [5, 5.41) is 8.61. The third-order valence-electron chi connectivity index (χ3n) is 5.72. The normalized spacial score (nSPS) is 12.0. The predicted molar refractivity (Wildman–Crippen MR) is 142 cm³/mol. The number of hydrogen-bond donors (Lipinski definition) is 2. The van der Waals surface area contributed by atoms with Crippen LogP contribution in [0.4, 0.5) is 24.8 Å². The Morgan fingerprint density at radius 2 is 1.69 bits per heavy atom. The molecule has 3 N–H and O–H groups in total. The summed E-state index contributed by atoms with van der Waals surface area (Å²) in [5.41, 5.74) is 0.295. The van der Waals surface area contributed by atoms with Gasteiger partial charge >= 0.3 is 5.92 Å². The molecule has 0 aliphatic heterocycles. The number of benzene rings is 3. The van der Waals surface area contributed by atoms with Gasteiger partial charge < -0.3 is 10.1 Å². The van der Waals surface area contributed by atoms with Gasteiger partial charge in [0, 0.05) is 17.7 Å². The number of fused-ring (bicyclic) bond motifs is 1. The standard InChI is InChI=1S/C26H20F3N5O3S2/c1-37-19-8-11-21-22(14-19)38-24(33-21)13-18-12-23(26(28,29)15-2-4-16(27)5-3-15)34-25(32-18)31-17-6-9-20(10-7-17)39(30,35)36/h2-12,14H,13H2,1H3,(H2,30,35,36)(H,31,32,34). The van der Waals surface area contributed by atoms with Gasteiger partial charge in [-0.3, -0.25) is 0 Å². The van der Waals surface area contributed by atoms with E-state index in [4.69, 9.17) is 9.88 Å². The zero-order valence-electron chi connectivity index (χ0n) is 20.2. The van der Waals surface area contributed by atoms with Crippen LogP contribution in [0.25, 0.3) is 10.2 Å². The van der Waals surface area contributed by atoms with E-state index in [0.29, 0.717) is 16.4 Å². The van der Waals surface area contributed by atoms with E-state index in [0.717, 1.165) is 34.5 Å². The first-order valence-electron chi connectivity index (χ1n) is 11.4. The quantitative estimate of drug-likeness (QED) is 0.257. The Kier molecular flexibility index (Phi) is 6.97. The Hall–Kier alpha value is -4.07. The fourth-order valence-electron chi connectivity index (χ4n) is 3.78.